The molecule has 7 nitrogen and oxygen atoms in total. The van der Waals surface area contributed by atoms with E-state index in [9.17, 15) is 14.7 Å². The number of benzene rings is 1. The number of methoxy groups -OCH3 is 1. The summed E-state index contributed by atoms with van der Waals surface area (Å²) in [7, 11) is 1.62. The van der Waals surface area contributed by atoms with Gasteiger partial charge >= 0.3 is 0 Å². The third-order valence-electron chi connectivity index (χ3n) is 6.32. The zero-order valence-corrected chi connectivity index (χ0v) is 17.1. The van der Waals surface area contributed by atoms with Gasteiger partial charge in [0.1, 0.15) is 5.75 Å². The number of hydrogen-bond acceptors (Lipinski definition) is 5. The Balaban J connectivity index is 1.47. The van der Waals surface area contributed by atoms with E-state index in [1.165, 1.54) is 6.20 Å². The van der Waals surface area contributed by atoms with Crippen molar-refractivity contribution in [1.29, 1.82) is 0 Å². The van der Waals surface area contributed by atoms with Gasteiger partial charge < -0.3 is 20.1 Å². The number of likely N-dealkylation sites (tertiary alicyclic amines) is 1. The van der Waals surface area contributed by atoms with Crippen LogP contribution in [0.3, 0.4) is 0 Å². The van der Waals surface area contributed by atoms with Crippen LogP contribution in [0.2, 0.25) is 0 Å². The van der Waals surface area contributed by atoms with Gasteiger partial charge in [-0.15, -0.1) is 0 Å². The Morgan fingerprint density at radius 1 is 1.27 bits per heavy atom. The van der Waals surface area contributed by atoms with E-state index in [4.69, 9.17) is 4.74 Å². The molecule has 0 bridgehead atoms. The van der Waals surface area contributed by atoms with Gasteiger partial charge in [0.25, 0.3) is 5.91 Å². The maximum atomic E-state index is 13.4. The van der Waals surface area contributed by atoms with Crippen molar-refractivity contribution < 1.29 is 19.4 Å². The van der Waals surface area contributed by atoms with Crippen LogP contribution in [0.25, 0.3) is 0 Å². The maximum absolute atomic E-state index is 13.4. The summed E-state index contributed by atoms with van der Waals surface area (Å²) in [6.45, 7) is 0.957. The molecule has 2 amide bonds. The van der Waals surface area contributed by atoms with Crippen molar-refractivity contribution in [2.45, 2.75) is 30.7 Å². The van der Waals surface area contributed by atoms with Crippen LogP contribution in [-0.4, -0.2) is 59.7 Å². The second-order valence-electron chi connectivity index (χ2n) is 8.11. The first kappa shape index (κ1) is 20.3. The predicted octanol–water partition coefficient (Wildman–Crippen LogP) is 1.76. The van der Waals surface area contributed by atoms with E-state index >= 15 is 0 Å². The zero-order chi connectivity index (χ0) is 21.1. The third kappa shape index (κ3) is 3.89. The summed E-state index contributed by atoms with van der Waals surface area (Å²) in [4.78, 5) is 31.9. The molecule has 2 aromatic rings. The summed E-state index contributed by atoms with van der Waals surface area (Å²) in [6, 6.07) is 10.8. The second kappa shape index (κ2) is 8.44. The summed E-state index contributed by atoms with van der Waals surface area (Å²) >= 11 is 0. The van der Waals surface area contributed by atoms with Gasteiger partial charge in [0.2, 0.25) is 5.91 Å². The van der Waals surface area contributed by atoms with Gasteiger partial charge in [-0.25, -0.2) is 0 Å². The molecule has 1 saturated carbocycles. The lowest BCUT2D eigenvalue weighted by atomic mass is 9.89. The van der Waals surface area contributed by atoms with Crippen molar-refractivity contribution in [1.82, 2.24) is 15.2 Å². The Kier molecular flexibility index (Phi) is 5.72. The van der Waals surface area contributed by atoms with E-state index in [2.05, 4.69) is 10.3 Å². The fourth-order valence-electron chi connectivity index (χ4n) is 4.28. The van der Waals surface area contributed by atoms with Gasteiger partial charge in [-0.05, 0) is 49.1 Å². The lowest BCUT2D eigenvalue weighted by molar-refractivity contribution is -0.136. The van der Waals surface area contributed by atoms with Crippen LogP contribution in [-0.2, 0) is 10.2 Å². The minimum Gasteiger partial charge on any atom is -0.497 e. The van der Waals surface area contributed by atoms with Gasteiger partial charge in [0, 0.05) is 38.0 Å². The van der Waals surface area contributed by atoms with Crippen LogP contribution in [0, 0.1) is 5.92 Å². The average Bonchev–Trinajstić information content (AvgIpc) is 3.61. The molecule has 0 unspecified atom stereocenters. The molecule has 7 heteroatoms. The minimum atomic E-state index is -0.476. The molecule has 1 aliphatic carbocycles. The molecule has 0 spiro atoms. The lowest BCUT2D eigenvalue weighted by Gasteiger charge is -2.39. The molecule has 2 atom stereocenters. The first-order valence-electron chi connectivity index (χ1n) is 10.3. The SMILES string of the molecule is COc1ccc(C2(C(=O)N3CC[C@H](CO)[C@H](NC(=O)c4cccnc4)C3)CC2)cc1. The van der Waals surface area contributed by atoms with E-state index in [1.807, 2.05) is 29.2 Å². The monoisotopic (exact) mass is 409 g/mol. The smallest absolute Gasteiger partial charge is 0.253 e. The molecule has 1 aromatic heterocycles. The molecule has 0 radical (unpaired) electrons. The van der Waals surface area contributed by atoms with Crippen LogP contribution in [0.15, 0.2) is 48.8 Å². The Hall–Kier alpha value is -2.93. The maximum Gasteiger partial charge on any atom is 0.253 e. The quantitative estimate of drug-likeness (QED) is 0.759. The van der Waals surface area contributed by atoms with Crippen molar-refractivity contribution in [2.24, 2.45) is 5.92 Å². The molecular weight excluding hydrogens is 382 g/mol. The van der Waals surface area contributed by atoms with E-state index in [1.54, 1.807) is 25.4 Å². The fourth-order valence-corrected chi connectivity index (χ4v) is 4.28. The number of piperidine rings is 1. The van der Waals surface area contributed by atoms with Gasteiger partial charge in [0.05, 0.1) is 24.1 Å². The Labute approximate surface area is 176 Å². The standard InChI is InChI=1S/C23H27N3O4/c1-30-19-6-4-18(5-7-19)23(9-10-23)22(29)26-12-8-17(15-27)20(14-26)25-21(28)16-3-2-11-24-13-16/h2-7,11,13,17,20,27H,8-10,12,14-15H2,1H3,(H,25,28)/t17-,20-/m1/s1. The minimum absolute atomic E-state index is 0.0242. The lowest BCUT2D eigenvalue weighted by Crippen LogP contribution is -2.56. The summed E-state index contributed by atoms with van der Waals surface area (Å²) in [5, 5.41) is 12.8. The number of aliphatic hydroxyl groups excluding tert-OH is 1. The van der Waals surface area contributed by atoms with E-state index < -0.39 is 5.41 Å². The molecule has 1 aromatic carbocycles. The Bertz CT molecular complexity index is 896. The average molecular weight is 409 g/mol. The Morgan fingerprint density at radius 3 is 2.63 bits per heavy atom. The molecular formula is C23H27N3O4. The first-order chi connectivity index (χ1) is 14.6. The molecule has 1 saturated heterocycles. The molecule has 1 aliphatic heterocycles. The molecule has 2 aliphatic rings. The normalized spacial score (nSPS) is 22.3. The number of amides is 2. The highest BCUT2D eigenvalue weighted by atomic mass is 16.5. The molecule has 2 N–H and O–H groups in total. The number of carbonyl (C=O) groups is 2. The van der Waals surface area contributed by atoms with Crippen molar-refractivity contribution >= 4 is 11.8 Å². The number of hydrogen-bond donors (Lipinski definition) is 2. The second-order valence-corrected chi connectivity index (χ2v) is 8.11. The highest BCUT2D eigenvalue weighted by Crippen LogP contribution is 2.50. The number of rotatable bonds is 6. The summed E-state index contributed by atoms with van der Waals surface area (Å²) in [5.74, 6) is 0.552. The van der Waals surface area contributed by atoms with Crippen molar-refractivity contribution in [2.75, 3.05) is 26.8 Å². The molecule has 30 heavy (non-hydrogen) atoms. The van der Waals surface area contributed by atoms with Crippen LogP contribution in [0.1, 0.15) is 35.2 Å². The van der Waals surface area contributed by atoms with E-state index in [0.29, 0.717) is 25.1 Å². The number of pyridine rings is 1. The van der Waals surface area contributed by atoms with E-state index in [0.717, 1.165) is 24.2 Å². The highest BCUT2D eigenvalue weighted by molar-refractivity contribution is 5.94. The predicted molar refractivity (Wildman–Crippen MR) is 111 cm³/mol. The van der Waals surface area contributed by atoms with Crippen LogP contribution >= 0.6 is 0 Å². The van der Waals surface area contributed by atoms with Crippen molar-refractivity contribution in [3.8, 4) is 5.75 Å². The fraction of sp³-hybridized carbons (Fsp3) is 0.435. The van der Waals surface area contributed by atoms with Gasteiger partial charge in [-0.2, -0.15) is 0 Å². The third-order valence-corrected chi connectivity index (χ3v) is 6.32. The topological polar surface area (TPSA) is 91.8 Å². The van der Waals surface area contributed by atoms with Crippen LogP contribution < -0.4 is 10.1 Å². The first-order valence-corrected chi connectivity index (χ1v) is 10.3. The van der Waals surface area contributed by atoms with Gasteiger partial charge in [-0.3, -0.25) is 14.6 Å². The number of aliphatic hydroxyl groups is 1. The largest absolute Gasteiger partial charge is 0.497 e. The summed E-state index contributed by atoms with van der Waals surface area (Å²) < 4.78 is 5.23. The number of aromatic nitrogens is 1. The van der Waals surface area contributed by atoms with E-state index in [-0.39, 0.29) is 30.4 Å². The molecule has 4 rings (SSSR count). The molecule has 2 fully saturated rings. The van der Waals surface area contributed by atoms with Crippen molar-refractivity contribution in [3.63, 3.8) is 0 Å². The zero-order valence-electron chi connectivity index (χ0n) is 17.1. The number of nitrogens with zero attached hydrogens (tertiary/aromatic N) is 2. The highest BCUT2D eigenvalue weighted by Gasteiger charge is 2.53. The molecule has 158 valence electrons. The molecule has 2 heterocycles. The van der Waals surface area contributed by atoms with Crippen LogP contribution in [0.4, 0.5) is 0 Å². The van der Waals surface area contributed by atoms with Crippen molar-refractivity contribution in [3.05, 3.63) is 59.9 Å². The van der Waals surface area contributed by atoms with Crippen LogP contribution in [0.5, 0.6) is 5.75 Å². The summed E-state index contributed by atoms with van der Waals surface area (Å²) in [6.07, 6.45) is 5.43. The summed E-state index contributed by atoms with van der Waals surface area (Å²) in [5.41, 5.74) is 0.999. The van der Waals surface area contributed by atoms with Gasteiger partial charge in [-0.1, -0.05) is 12.1 Å². The number of carbonyl (C=O) groups excluding carboxylic acids is 2. The number of nitrogens with one attached hydrogen (secondary N) is 1. The van der Waals surface area contributed by atoms with Gasteiger partial charge in [0.15, 0.2) is 0 Å². The number of ether oxygens (including phenoxy) is 1. The Morgan fingerprint density at radius 2 is 2.03 bits per heavy atom.